The van der Waals surface area contributed by atoms with Crippen molar-refractivity contribution in [3.8, 4) is 0 Å². The second-order valence-corrected chi connectivity index (χ2v) is 13.0. The van der Waals surface area contributed by atoms with Crippen LogP contribution in [0.3, 0.4) is 0 Å². The van der Waals surface area contributed by atoms with Crippen LogP contribution < -0.4 is 22.1 Å². The highest BCUT2D eigenvalue weighted by molar-refractivity contribution is 6.30. The monoisotopic (exact) mass is 685 g/mol. The summed E-state index contributed by atoms with van der Waals surface area (Å²) >= 11 is 6.13. The first-order valence-electron chi connectivity index (χ1n) is 16.5. The molecule has 0 radical (unpaired) electrons. The van der Waals surface area contributed by atoms with Crippen molar-refractivity contribution in [2.24, 2.45) is 11.5 Å². The molecule has 1 fully saturated rings. The Hall–Kier alpha value is -4.94. The van der Waals surface area contributed by atoms with Gasteiger partial charge in [0.05, 0.1) is 24.1 Å². The van der Waals surface area contributed by atoms with Crippen LogP contribution in [0.5, 0.6) is 0 Å². The van der Waals surface area contributed by atoms with E-state index in [1.807, 2.05) is 26.0 Å². The van der Waals surface area contributed by atoms with Gasteiger partial charge in [-0.15, -0.1) is 0 Å². The van der Waals surface area contributed by atoms with Gasteiger partial charge in [-0.05, 0) is 53.8 Å². The Morgan fingerprint density at radius 3 is 2.45 bits per heavy atom. The molecule has 3 amide bonds. The molecule has 0 spiro atoms. The molecule has 1 aliphatic rings. The summed E-state index contributed by atoms with van der Waals surface area (Å²) in [5, 5.41) is 16.5. The fraction of sp³-hybridized carbons (Fsp3) is 0.361. The highest BCUT2D eigenvalue weighted by Crippen LogP contribution is 2.24. The molecule has 3 aromatic carbocycles. The molecule has 0 bridgehead atoms. The molecule has 4 unspecified atom stereocenters. The summed E-state index contributed by atoms with van der Waals surface area (Å²) in [5.74, 6) is -1.50. The molecule has 13 heteroatoms. The van der Waals surface area contributed by atoms with Crippen molar-refractivity contribution in [1.29, 1.82) is 5.41 Å². The molecule has 5 atom stereocenters. The fourth-order valence-corrected chi connectivity index (χ4v) is 6.59. The molecule has 12 nitrogen and oxygen atoms in total. The van der Waals surface area contributed by atoms with Crippen molar-refractivity contribution in [3.63, 3.8) is 0 Å². The molecule has 49 heavy (non-hydrogen) atoms. The topological polar surface area (TPSA) is 186 Å². The molecule has 258 valence electrons. The molecule has 8 N–H and O–H groups in total. The van der Waals surface area contributed by atoms with Crippen LogP contribution in [0.15, 0.2) is 79.3 Å². The third kappa shape index (κ3) is 8.76. The van der Waals surface area contributed by atoms with E-state index >= 15 is 0 Å². The number of nitrogens with zero attached hydrogens (tertiary/aromatic N) is 3. The average Bonchev–Trinajstić information content (AvgIpc) is 3.60. The number of rotatable bonds is 13. The van der Waals surface area contributed by atoms with E-state index in [9.17, 15) is 14.4 Å². The number of nitrogens with one attached hydrogen (secondary N) is 4. The van der Waals surface area contributed by atoms with Gasteiger partial charge in [-0.3, -0.25) is 19.8 Å². The number of benzene rings is 3. The third-order valence-corrected chi connectivity index (χ3v) is 9.31. The van der Waals surface area contributed by atoms with Crippen LogP contribution >= 0.6 is 11.6 Å². The molecule has 1 aromatic heterocycles. The number of hydrogen-bond donors (Lipinski definition) is 6. The Labute approximate surface area is 291 Å². The Kier molecular flexibility index (Phi) is 11.5. The lowest BCUT2D eigenvalue weighted by Crippen LogP contribution is -2.70. The predicted octanol–water partition coefficient (Wildman–Crippen LogP) is 2.75. The van der Waals surface area contributed by atoms with E-state index in [4.69, 9.17) is 28.5 Å². The Morgan fingerprint density at radius 2 is 1.78 bits per heavy atom. The number of aromatic amines is 1. The van der Waals surface area contributed by atoms with Crippen LogP contribution in [0, 0.1) is 5.41 Å². The first kappa shape index (κ1) is 35.4. The lowest BCUT2D eigenvalue weighted by Gasteiger charge is -2.48. The lowest BCUT2D eigenvalue weighted by molar-refractivity contribution is -0.157. The van der Waals surface area contributed by atoms with Gasteiger partial charge in [0.2, 0.25) is 17.7 Å². The Morgan fingerprint density at radius 1 is 1.06 bits per heavy atom. The number of fused-ring (bicyclic) bond motifs is 1. The van der Waals surface area contributed by atoms with Gasteiger partial charge in [0.25, 0.3) is 0 Å². The largest absolute Gasteiger partial charge is 0.370 e. The van der Waals surface area contributed by atoms with E-state index < -0.39 is 36.0 Å². The zero-order valence-corrected chi connectivity index (χ0v) is 28.5. The number of carbonyl (C=O) groups is 3. The molecule has 1 aliphatic heterocycles. The Balaban J connectivity index is 1.41. The summed E-state index contributed by atoms with van der Waals surface area (Å²) in [6.45, 7) is 4.45. The summed E-state index contributed by atoms with van der Waals surface area (Å²) < 4.78 is 0. The minimum atomic E-state index is -1.04. The quantitative estimate of drug-likeness (QED) is 0.0922. The van der Waals surface area contributed by atoms with E-state index in [0.717, 1.165) is 21.9 Å². The van der Waals surface area contributed by atoms with Gasteiger partial charge in [-0.2, -0.15) is 0 Å². The minimum absolute atomic E-state index is 0.144. The number of nitrogens with two attached hydrogens (primary N) is 2. The summed E-state index contributed by atoms with van der Waals surface area (Å²) in [6, 6.07) is 17.5. The van der Waals surface area contributed by atoms with Gasteiger partial charge in [-0.1, -0.05) is 73.1 Å². The van der Waals surface area contributed by atoms with Crippen molar-refractivity contribution >= 4 is 46.1 Å². The fourth-order valence-electron chi connectivity index (χ4n) is 6.47. The maximum absolute atomic E-state index is 14.6. The molecule has 1 saturated heterocycles. The normalized spacial score (nSPS) is 18.2. The van der Waals surface area contributed by atoms with E-state index in [2.05, 4.69) is 50.9 Å². The SMILES string of the molecule is CC[C@H](NC(=N)N)C1C(=O)N(CCc2ccc3ccccc3c2)C(C)CN1C(=O)C(Cc1ccc(Cl)cc1)NC(=O)C(N)Cc1c[nH]cn1. The molecule has 4 aromatic rings. The number of imidazole rings is 1. The number of hydrogen-bond acceptors (Lipinski definition) is 6. The first-order valence-corrected chi connectivity index (χ1v) is 16.9. The molecular formula is C36H44ClN9O3. The van der Waals surface area contributed by atoms with Gasteiger partial charge >= 0.3 is 0 Å². The van der Waals surface area contributed by atoms with Gasteiger partial charge in [0.1, 0.15) is 12.1 Å². The van der Waals surface area contributed by atoms with Crippen molar-refractivity contribution in [2.45, 2.75) is 69.7 Å². The molecule has 5 rings (SSSR count). The summed E-state index contributed by atoms with van der Waals surface area (Å²) in [4.78, 5) is 52.8. The van der Waals surface area contributed by atoms with Gasteiger partial charge in [0.15, 0.2) is 5.96 Å². The zero-order chi connectivity index (χ0) is 35.1. The minimum Gasteiger partial charge on any atom is -0.370 e. The number of H-pyrrole nitrogens is 1. The van der Waals surface area contributed by atoms with Crippen LogP contribution in [0.1, 0.15) is 37.1 Å². The van der Waals surface area contributed by atoms with Crippen molar-refractivity contribution in [1.82, 2.24) is 30.4 Å². The van der Waals surface area contributed by atoms with Gasteiger partial charge in [0, 0.05) is 43.2 Å². The third-order valence-electron chi connectivity index (χ3n) is 9.05. The average molecular weight is 686 g/mol. The van der Waals surface area contributed by atoms with E-state index in [1.165, 1.54) is 11.2 Å². The number of carbonyl (C=O) groups excluding carboxylic acids is 3. The molecule has 0 aliphatic carbocycles. The first-order chi connectivity index (χ1) is 23.5. The van der Waals surface area contributed by atoms with Gasteiger partial charge in [-0.25, -0.2) is 4.98 Å². The summed E-state index contributed by atoms with van der Waals surface area (Å²) in [5.41, 5.74) is 14.5. The highest BCUT2D eigenvalue weighted by atomic mass is 35.5. The lowest BCUT2D eigenvalue weighted by atomic mass is 9.94. The smallest absolute Gasteiger partial charge is 0.247 e. The zero-order valence-electron chi connectivity index (χ0n) is 27.7. The van der Waals surface area contributed by atoms with Crippen LogP contribution in [-0.4, -0.2) is 86.7 Å². The number of piperazine rings is 1. The number of amides is 3. The van der Waals surface area contributed by atoms with Crippen LogP contribution in [0.2, 0.25) is 5.02 Å². The van der Waals surface area contributed by atoms with Crippen LogP contribution in [0.25, 0.3) is 10.8 Å². The highest BCUT2D eigenvalue weighted by Gasteiger charge is 2.46. The number of aromatic nitrogens is 2. The predicted molar refractivity (Wildman–Crippen MR) is 191 cm³/mol. The maximum atomic E-state index is 14.6. The van der Waals surface area contributed by atoms with Crippen LogP contribution in [-0.2, 0) is 33.6 Å². The van der Waals surface area contributed by atoms with E-state index in [-0.39, 0.29) is 37.3 Å². The Bertz CT molecular complexity index is 1770. The van der Waals surface area contributed by atoms with Gasteiger partial charge < -0.3 is 36.9 Å². The maximum Gasteiger partial charge on any atom is 0.247 e. The second kappa shape index (κ2) is 16.0. The van der Waals surface area contributed by atoms with Crippen molar-refractivity contribution in [2.75, 3.05) is 13.1 Å². The van der Waals surface area contributed by atoms with E-state index in [0.29, 0.717) is 30.1 Å². The van der Waals surface area contributed by atoms with Crippen molar-refractivity contribution < 1.29 is 14.4 Å². The summed E-state index contributed by atoms with van der Waals surface area (Å²) in [7, 11) is 0. The van der Waals surface area contributed by atoms with Crippen LogP contribution in [0.4, 0.5) is 0 Å². The molecular weight excluding hydrogens is 642 g/mol. The number of halogens is 1. The standard InChI is InChI=1S/C36H44ClN9O3/c1-3-30(44-36(39)40)32-35(49)45(15-14-24-8-11-25-6-4-5-7-26(25)16-24)22(2)20-46(32)34(48)31(17-23-9-12-27(37)13-10-23)43-33(47)29(38)18-28-19-41-21-42-28/h4-13,16,19,21-22,29-32H,3,14-15,17-18,20,38H2,1-2H3,(H,41,42)(H,43,47)(H4,39,40,44)/t22?,29?,30-,31?,32?/m0/s1. The van der Waals surface area contributed by atoms with Crippen molar-refractivity contribution in [3.05, 3.63) is 101 Å². The number of guanidine groups is 1. The van der Waals surface area contributed by atoms with E-state index in [1.54, 1.807) is 35.4 Å². The molecule has 0 saturated carbocycles. The second-order valence-electron chi connectivity index (χ2n) is 12.6. The molecule has 2 heterocycles. The summed E-state index contributed by atoms with van der Waals surface area (Å²) in [6.07, 6.45) is 4.52.